The average molecular weight is 324 g/mol. The summed E-state index contributed by atoms with van der Waals surface area (Å²) in [7, 11) is 0. The molecule has 0 aliphatic rings. The Labute approximate surface area is 140 Å². The van der Waals surface area contributed by atoms with E-state index >= 15 is 0 Å². The zero-order valence-corrected chi connectivity index (χ0v) is 13.3. The topological polar surface area (TPSA) is 67.5 Å². The number of aliphatic hydroxyl groups excluding tert-OH is 1. The molecule has 2 aromatic heterocycles. The van der Waals surface area contributed by atoms with Gasteiger partial charge in [-0.15, -0.1) is 0 Å². The summed E-state index contributed by atoms with van der Waals surface area (Å²) in [5.41, 5.74) is 2.06. The van der Waals surface area contributed by atoms with Crippen LogP contribution in [0.15, 0.2) is 71.6 Å². The van der Waals surface area contributed by atoms with Crippen molar-refractivity contribution in [3.8, 4) is 5.75 Å². The second kappa shape index (κ2) is 8.29. The van der Waals surface area contributed by atoms with Gasteiger partial charge in [-0.05, 0) is 24.3 Å². The molecule has 2 N–H and O–H groups in total. The van der Waals surface area contributed by atoms with Crippen molar-refractivity contribution in [1.82, 2.24) is 10.3 Å². The van der Waals surface area contributed by atoms with Crippen LogP contribution in [-0.4, -0.2) is 16.6 Å². The Morgan fingerprint density at radius 3 is 2.83 bits per heavy atom. The van der Waals surface area contributed by atoms with Crippen LogP contribution in [0, 0.1) is 0 Å². The van der Waals surface area contributed by atoms with Crippen molar-refractivity contribution in [3.05, 3.63) is 84.1 Å². The van der Waals surface area contributed by atoms with Gasteiger partial charge in [0.25, 0.3) is 0 Å². The zero-order chi connectivity index (χ0) is 16.6. The molecule has 0 spiro atoms. The normalized spacial score (nSPS) is 12.0. The number of furan rings is 1. The van der Waals surface area contributed by atoms with E-state index in [2.05, 4.69) is 10.3 Å². The number of nitrogens with one attached hydrogen (secondary N) is 1. The molecule has 3 rings (SSSR count). The number of pyridine rings is 1. The zero-order valence-electron chi connectivity index (χ0n) is 13.3. The Hall–Kier alpha value is -2.63. The van der Waals surface area contributed by atoms with Gasteiger partial charge in [0, 0.05) is 36.6 Å². The molecule has 2 heterocycles. The fourth-order valence-electron chi connectivity index (χ4n) is 2.36. The van der Waals surface area contributed by atoms with Gasteiger partial charge in [-0.25, -0.2) is 0 Å². The van der Waals surface area contributed by atoms with Gasteiger partial charge in [-0.3, -0.25) is 4.98 Å². The molecule has 1 aromatic carbocycles. The van der Waals surface area contributed by atoms with E-state index in [0.29, 0.717) is 25.5 Å². The third-order valence-corrected chi connectivity index (χ3v) is 3.61. The molecule has 0 saturated heterocycles. The lowest BCUT2D eigenvalue weighted by molar-refractivity contribution is 0.147. The minimum absolute atomic E-state index is 0.407. The summed E-state index contributed by atoms with van der Waals surface area (Å²) < 4.78 is 11.1. The van der Waals surface area contributed by atoms with Crippen molar-refractivity contribution >= 4 is 0 Å². The van der Waals surface area contributed by atoms with Gasteiger partial charge in [-0.2, -0.15) is 0 Å². The predicted molar refractivity (Wildman–Crippen MR) is 90.4 cm³/mol. The van der Waals surface area contributed by atoms with E-state index in [1.165, 1.54) is 0 Å². The third kappa shape index (κ3) is 4.44. The van der Waals surface area contributed by atoms with Gasteiger partial charge >= 0.3 is 0 Å². The molecule has 0 fully saturated rings. The number of nitrogens with zero attached hydrogens (tertiary/aromatic N) is 1. The first-order chi connectivity index (χ1) is 11.8. The summed E-state index contributed by atoms with van der Waals surface area (Å²) in [6.07, 6.45) is 4.43. The van der Waals surface area contributed by atoms with Crippen LogP contribution in [0.2, 0.25) is 0 Å². The summed E-state index contributed by atoms with van der Waals surface area (Å²) in [5, 5.41) is 13.2. The summed E-state index contributed by atoms with van der Waals surface area (Å²) in [6, 6.07) is 15.3. The minimum atomic E-state index is -0.663. The van der Waals surface area contributed by atoms with Crippen molar-refractivity contribution in [1.29, 1.82) is 0 Å². The second-order valence-electron chi connectivity index (χ2n) is 5.42. The summed E-state index contributed by atoms with van der Waals surface area (Å²) >= 11 is 0. The van der Waals surface area contributed by atoms with Crippen LogP contribution >= 0.6 is 0 Å². The molecule has 0 aliphatic heterocycles. The van der Waals surface area contributed by atoms with Crippen LogP contribution in [0.5, 0.6) is 5.75 Å². The van der Waals surface area contributed by atoms with Crippen molar-refractivity contribution < 1.29 is 14.3 Å². The third-order valence-electron chi connectivity index (χ3n) is 3.61. The number of para-hydroxylation sites is 1. The fourth-order valence-corrected chi connectivity index (χ4v) is 2.36. The molecule has 0 aliphatic carbocycles. The van der Waals surface area contributed by atoms with Crippen LogP contribution in [0.1, 0.15) is 23.0 Å². The van der Waals surface area contributed by atoms with Gasteiger partial charge in [0.2, 0.25) is 0 Å². The molecular weight excluding hydrogens is 304 g/mol. The highest BCUT2D eigenvalue weighted by molar-refractivity contribution is 5.33. The molecule has 5 heteroatoms. The molecule has 124 valence electrons. The molecule has 1 atom stereocenters. The lowest BCUT2D eigenvalue weighted by Crippen LogP contribution is -2.21. The minimum Gasteiger partial charge on any atom is -0.489 e. The summed E-state index contributed by atoms with van der Waals surface area (Å²) in [6.45, 7) is 1.48. The number of ether oxygens (including phenoxy) is 1. The quantitative estimate of drug-likeness (QED) is 0.666. The molecule has 3 aromatic rings. The number of hydrogen-bond acceptors (Lipinski definition) is 5. The maximum Gasteiger partial charge on any atom is 0.133 e. The van der Waals surface area contributed by atoms with E-state index in [1.807, 2.05) is 36.4 Å². The molecule has 0 saturated carbocycles. The van der Waals surface area contributed by atoms with Gasteiger partial charge in [0.15, 0.2) is 0 Å². The van der Waals surface area contributed by atoms with E-state index < -0.39 is 6.10 Å². The highest BCUT2D eigenvalue weighted by atomic mass is 16.5. The highest BCUT2D eigenvalue weighted by Gasteiger charge is 2.10. The van der Waals surface area contributed by atoms with Crippen molar-refractivity contribution in [2.75, 3.05) is 6.54 Å². The lowest BCUT2D eigenvalue weighted by Gasteiger charge is -2.13. The number of aromatic nitrogens is 1. The van der Waals surface area contributed by atoms with E-state index in [1.54, 1.807) is 30.8 Å². The number of hydrogen-bond donors (Lipinski definition) is 2. The van der Waals surface area contributed by atoms with E-state index in [4.69, 9.17) is 9.15 Å². The van der Waals surface area contributed by atoms with Gasteiger partial charge in [0.1, 0.15) is 24.2 Å². The van der Waals surface area contributed by atoms with E-state index in [-0.39, 0.29) is 0 Å². The Kier molecular flexibility index (Phi) is 5.61. The van der Waals surface area contributed by atoms with Crippen LogP contribution in [0.25, 0.3) is 0 Å². The van der Waals surface area contributed by atoms with Crippen molar-refractivity contribution in [2.45, 2.75) is 19.3 Å². The van der Waals surface area contributed by atoms with Crippen LogP contribution in [0.3, 0.4) is 0 Å². The maximum absolute atomic E-state index is 10.0. The number of rotatable bonds is 8. The van der Waals surface area contributed by atoms with E-state index in [0.717, 1.165) is 16.9 Å². The number of aliphatic hydroxyl groups is 1. The number of benzene rings is 1. The summed E-state index contributed by atoms with van der Waals surface area (Å²) in [5.74, 6) is 1.38. The Balaban J connectivity index is 1.54. The molecule has 5 nitrogen and oxygen atoms in total. The van der Waals surface area contributed by atoms with Crippen LogP contribution in [-0.2, 0) is 13.2 Å². The first-order valence-electron chi connectivity index (χ1n) is 7.85. The van der Waals surface area contributed by atoms with Crippen LogP contribution in [0.4, 0.5) is 0 Å². The monoisotopic (exact) mass is 324 g/mol. The molecule has 0 bridgehead atoms. The molecule has 0 amide bonds. The first-order valence-corrected chi connectivity index (χ1v) is 7.85. The Morgan fingerprint density at radius 2 is 2.04 bits per heavy atom. The Bertz CT molecular complexity index is 729. The largest absolute Gasteiger partial charge is 0.489 e. The smallest absolute Gasteiger partial charge is 0.133 e. The van der Waals surface area contributed by atoms with Gasteiger partial charge in [-0.1, -0.05) is 24.3 Å². The van der Waals surface area contributed by atoms with Crippen molar-refractivity contribution in [2.24, 2.45) is 0 Å². The molecule has 1 unspecified atom stereocenters. The average Bonchev–Trinajstić information content (AvgIpc) is 3.16. The molecule has 24 heavy (non-hydrogen) atoms. The van der Waals surface area contributed by atoms with Gasteiger partial charge < -0.3 is 19.6 Å². The van der Waals surface area contributed by atoms with E-state index in [9.17, 15) is 5.11 Å². The maximum atomic E-state index is 10.0. The Morgan fingerprint density at radius 1 is 1.12 bits per heavy atom. The standard InChI is InChI=1S/C19H20N2O3/c22-17(19-8-4-10-23-19)13-21-12-16-6-1-2-7-18(16)24-14-15-5-3-9-20-11-15/h1-11,17,21-22H,12-14H2. The molecular formula is C19H20N2O3. The first kappa shape index (κ1) is 16.2. The fraction of sp³-hybridized carbons (Fsp3) is 0.211. The highest BCUT2D eigenvalue weighted by Crippen LogP contribution is 2.19. The second-order valence-corrected chi connectivity index (χ2v) is 5.42. The van der Waals surface area contributed by atoms with Crippen molar-refractivity contribution in [3.63, 3.8) is 0 Å². The van der Waals surface area contributed by atoms with Gasteiger partial charge in [0.05, 0.1) is 6.26 Å². The molecule has 0 radical (unpaired) electrons. The van der Waals surface area contributed by atoms with Crippen LogP contribution < -0.4 is 10.1 Å². The SMILES string of the molecule is OC(CNCc1ccccc1OCc1cccnc1)c1ccco1. The lowest BCUT2D eigenvalue weighted by atomic mass is 10.2. The summed E-state index contributed by atoms with van der Waals surface area (Å²) in [4.78, 5) is 4.08. The predicted octanol–water partition coefficient (Wildman–Crippen LogP) is 3.08.